The summed E-state index contributed by atoms with van der Waals surface area (Å²) in [5.41, 5.74) is 2.17. The smallest absolute Gasteiger partial charge is 0.0496 e. The summed E-state index contributed by atoms with van der Waals surface area (Å²) in [7, 11) is 0. The fourth-order valence-corrected chi connectivity index (χ4v) is 4.62. The zero-order valence-electron chi connectivity index (χ0n) is 11.3. The maximum Gasteiger partial charge on any atom is 0.0496 e. The Bertz CT molecular complexity index is 317. The summed E-state index contributed by atoms with van der Waals surface area (Å²) < 4.78 is 0. The van der Waals surface area contributed by atoms with Crippen molar-refractivity contribution >= 4 is 0 Å². The second kappa shape index (κ2) is 3.35. The van der Waals surface area contributed by atoms with Gasteiger partial charge < -0.3 is 5.11 Å². The van der Waals surface area contributed by atoms with Gasteiger partial charge in [-0.25, -0.2) is 0 Å². The molecule has 0 aromatic rings. The predicted octanol–water partition coefficient (Wildman–Crippen LogP) is 3.78. The molecule has 2 rings (SSSR count). The highest BCUT2D eigenvalue weighted by Gasteiger charge is 2.62. The molecule has 2 aliphatic rings. The lowest BCUT2D eigenvalue weighted by molar-refractivity contribution is -0.0401. The summed E-state index contributed by atoms with van der Waals surface area (Å²) in [5.74, 6) is 0.326. The lowest BCUT2D eigenvalue weighted by Crippen LogP contribution is -2.48. The standard InChI is InChI=1S/C15H26O/c1-11-12(10-16)9-14(4)8-6-7-13(2,3)15(11,14)5/h12,16H,1,6-10H2,2-5H3. The van der Waals surface area contributed by atoms with Gasteiger partial charge in [-0.3, -0.25) is 0 Å². The molecule has 0 aromatic heterocycles. The zero-order chi connectivity index (χ0) is 12.2. The van der Waals surface area contributed by atoms with E-state index in [9.17, 15) is 5.11 Å². The van der Waals surface area contributed by atoms with E-state index in [1.807, 2.05) is 0 Å². The van der Waals surface area contributed by atoms with Gasteiger partial charge in [0.2, 0.25) is 0 Å². The minimum absolute atomic E-state index is 0.200. The monoisotopic (exact) mass is 222 g/mol. The Balaban J connectivity index is 2.49. The van der Waals surface area contributed by atoms with Crippen LogP contribution in [0.5, 0.6) is 0 Å². The quantitative estimate of drug-likeness (QED) is 0.669. The lowest BCUT2D eigenvalue weighted by Gasteiger charge is -2.56. The van der Waals surface area contributed by atoms with Crippen molar-refractivity contribution in [2.45, 2.75) is 53.4 Å². The highest BCUT2D eigenvalue weighted by Crippen LogP contribution is 2.70. The van der Waals surface area contributed by atoms with E-state index in [0.717, 1.165) is 6.42 Å². The lowest BCUT2D eigenvalue weighted by atomic mass is 9.48. The first-order chi connectivity index (χ1) is 7.28. The molecule has 0 bridgehead atoms. The molecule has 0 amide bonds. The van der Waals surface area contributed by atoms with E-state index in [4.69, 9.17) is 0 Å². The normalized spacial score (nSPS) is 46.8. The van der Waals surface area contributed by atoms with E-state index in [2.05, 4.69) is 34.3 Å². The maximum atomic E-state index is 9.52. The largest absolute Gasteiger partial charge is 0.396 e. The number of hydrogen-bond acceptors (Lipinski definition) is 1. The third kappa shape index (κ3) is 1.21. The summed E-state index contributed by atoms with van der Waals surface area (Å²) in [6.45, 7) is 14.2. The Morgan fingerprint density at radius 3 is 2.38 bits per heavy atom. The van der Waals surface area contributed by atoms with Gasteiger partial charge in [-0.1, -0.05) is 46.3 Å². The van der Waals surface area contributed by atoms with E-state index in [1.54, 1.807) is 0 Å². The van der Waals surface area contributed by atoms with Crippen molar-refractivity contribution in [2.24, 2.45) is 22.2 Å². The van der Waals surface area contributed by atoms with Crippen LogP contribution in [0.2, 0.25) is 0 Å². The van der Waals surface area contributed by atoms with Crippen molar-refractivity contribution in [1.29, 1.82) is 0 Å². The SMILES string of the molecule is C=C1C(CO)CC2(C)CCCC(C)(C)C12C. The van der Waals surface area contributed by atoms with Crippen LogP contribution >= 0.6 is 0 Å². The molecule has 1 N–H and O–H groups in total. The summed E-state index contributed by atoms with van der Waals surface area (Å²) in [4.78, 5) is 0. The van der Waals surface area contributed by atoms with Gasteiger partial charge in [0, 0.05) is 12.5 Å². The zero-order valence-corrected chi connectivity index (χ0v) is 11.3. The maximum absolute atomic E-state index is 9.52. The molecule has 1 nitrogen and oxygen atoms in total. The Morgan fingerprint density at radius 1 is 1.25 bits per heavy atom. The molecule has 2 saturated carbocycles. The second-order valence-corrected chi connectivity index (χ2v) is 7.03. The molecule has 0 aromatic carbocycles. The van der Waals surface area contributed by atoms with Crippen LogP contribution in [-0.2, 0) is 0 Å². The highest BCUT2D eigenvalue weighted by molar-refractivity contribution is 5.29. The Hall–Kier alpha value is -0.300. The van der Waals surface area contributed by atoms with E-state index in [-0.39, 0.29) is 12.0 Å². The van der Waals surface area contributed by atoms with Gasteiger partial charge in [0.15, 0.2) is 0 Å². The van der Waals surface area contributed by atoms with Crippen LogP contribution in [0.4, 0.5) is 0 Å². The predicted molar refractivity (Wildman–Crippen MR) is 68.2 cm³/mol. The Morgan fingerprint density at radius 2 is 1.88 bits per heavy atom. The summed E-state index contributed by atoms with van der Waals surface area (Å²) in [6, 6.07) is 0. The van der Waals surface area contributed by atoms with Crippen molar-refractivity contribution < 1.29 is 5.11 Å². The van der Waals surface area contributed by atoms with Crippen molar-refractivity contribution in [3.05, 3.63) is 12.2 Å². The first kappa shape index (κ1) is 12.2. The second-order valence-electron chi connectivity index (χ2n) is 7.03. The molecule has 0 saturated heterocycles. The molecule has 3 unspecified atom stereocenters. The van der Waals surface area contributed by atoms with Gasteiger partial charge in [-0.05, 0) is 35.5 Å². The average molecular weight is 222 g/mol. The van der Waals surface area contributed by atoms with Crippen molar-refractivity contribution in [3.63, 3.8) is 0 Å². The van der Waals surface area contributed by atoms with Crippen LogP contribution in [-0.4, -0.2) is 11.7 Å². The average Bonchev–Trinajstić information content (AvgIpc) is 2.40. The molecular formula is C15H26O. The van der Waals surface area contributed by atoms with Crippen LogP contribution in [0.15, 0.2) is 12.2 Å². The molecule has 2 aliphatic carbocycles. The first-order valence-corrected chi connectivity index (χ1v) is 6.59. The minimum atomic E-state index is 0.200. The molecule has 0 radical (unpaired) electrons. The Labute approximate surface area is 99.9 Å². The van der Waals surface area contributed by atoms with Crippen molar-refractivity contribution in [2.75, 3.05) is 6.61 Å². The van der Waals surface area contributed by atoms with E-state index in [0.29, 0.717) is 16.7 Å². The first-order valence-electron chi connectivity index (χ1n) is 6.59. The minimum Gasteiger partial charge on any atom is -0.396 e. The van der Waals surface area contributed by atoms with Crippen LogP contribution in [0, 0.1) is 22.2 Å². The molecule has 0 spiro atoms. The molecule has 0 aliphatic heterocycles. The van der Waals surface area contributed by atoms with Crippen molar-refractivity contribution in [3.8, 4) is 0 Å². The van der Waals surface area contributed by atoms with Crippen LogP contribution in [0.25, 0.3) is 0 Å². The van der Waals surface area contributed by atoms with E-state index >= 15 is 0 Å². The van der Waals surface area contributed by atoms with Gasteiger partial charge in [-0.2, -0.15) is 0 Å². The fourth-order valence-electron chi connectivity index (χ4n) is 4.62. The number of hydrogen-bond donors (Lipinski definition) is 1. The van der Waals surface area contributed by atoms with Gasteiger partial charge in [0.25, 0.3) is 0 Å². The molecule has 1 heteroatoms. The van der Waals surface area contributed by atoms with Gasteiger partial charge in [0.05, 0.1) is 0 Å². The molecule has 16 heavy (non-hydrogen) atoms. The summed E-state index contributed by atoms with van der Waals surface area (Å²) >= 11 is 0. The molecule has 0 heterocycles. The Kier molecular flexibility index (Phi) is 2.55. The number of fused-ring (bicyclic) bond motifs is 1. The van der Waals surface area contributed by atoms with Crippen LogP contribution < -0.4 is 0 Å². The molecular weight excluding hydrogens is 196 g/mol. The summed E-state index contributed by atoms with van der Waals surface area (Å²) in [5, 5.41) is 9.52. The van der Waals surface area contributed by atoms with E-state index < -0.39 is 0 Å². The van der Waals surface area contributed by atoms with Crippen LogP contribution in [0.3, 0.4) is 0 Å². The number of rotatable bonds is 1. The molecule has 2 fully saturated rings. The number of aliphatic hydroxyl groups excluding tert-OH is 1. The summed E-state index contributed by atoms with van der Waals surface area (Å²) in [6.07, 6.45) is 5.03. The van der Waals surface area contributed by atoms with Crippen LogP contribution in [0.1, 0.15) is 53.4 Å². The van der Waals surface area contributed by atoms with Crippen molar-refractivity contribution in [1.82, 2.24) is 0 Å². The van der Waals surface area contributed by atoms with E-state index in [1.165, 1.54) is 24.8 Å². The third-order valence-corrected chi connectivity index (χ3v) is 6.14. The number of aliphatic hydroxyl groups is 1. The van der Waals surface area contributed by atoms with Gasteiger partial charge in [0.1, 0.15) is 0 Å². The van der Waals surface area contributed by atoms with Gasteiger partial charge in [-0.15, -0.1) is 0 Å². The molecule has 3 atom stereocenters. The highest BCUT2D eigenvalue weighted by atomic mass is 16.3. The topological polar surface area (TPSA) is 20.2 Å². The fraction of sp³-hybridized carbons (Fsp3) is 0.867. The molecule has 92 valence electrons. The van der Waals surface area contributed by atoms with Gasteiger partial charge >= 0.3 is 0 Å². The third-order valence-electron chi connectivity index (χ3n) is 6.14.